The molecule has 5 heteroatoms. The maximum absolute atomic E-state index is 11.8. The van der Waals surface area contributed by atoms with Gasteiger partial charge in [-0.3, -0.25) is 14.9 Å². The summed E-state index contributed by atoms with van der Waals surface area (Å²) < 4.78 is 0. The van der Waals surface area contributed by atoms with Gasteiger partial charge < -0.3 is 0 Å². The van der Waals surface area contributed by atoms with E-state index >= 15 is 0 Å². The number of Topliss-reactive ketones (excluding diaryl/α,β-unsaturated/α-hetero) is 1. The molecule has 18 heavy (non-hydrogen) atoms. The van der Waals surface area contributed by atoms with Crippen LogP contribution in [0.1, 0.15) is 38.4 Å². The summed E-state index contributed by atoms with van der Waals surface area (Å²) >= 11 is 0. The molecule has 0 radical (unpaired) electrons. The Balaban J connectivity index is 2.17. The third-order valence-corrected chi connectivity index (χ3v) is 2.89. The number of rotatable bonds is 1. The molecule has 1 N–H and O–H groups in total. The molecular formula is C13H17N3O2. The highest BCUT2D eigenvalue weighted by Crippen LogP contribution is 2.19. The highest BCUT2D eigenvalue weighted by Gasteiger charge is 2.23. The second-order valence-electron chi connectivity index (χ2n) is 5.59. The Kier molecular flexibility index (Phi) is 3.15. The van der Waals surface area contributed by atoms with Crippen LogP contribution in [0.2, 0.25) is 0 Å². The Bertz CT molecular complexity index is 503. The zero-order chi connectivity index (χ0) is 13.3. The normalized spacial score (nSPS) is 15.2. The second kappa shape index (κ2) is 4.48. The van der Waals surface area contributed by atoms with Crippen LogP contribution in [0.4, 0.5) is 5.95 Å². The van der Waals surface area contributed by atoms with Crippen molar-refractivity contribution >= 4 is 17.6 Å². The van der Waals surface area contributed by atoms with Crippen molar-refractivity contribution in [3.8, 4) is 0 Å². The van der Waals surface area contributed by atoms with Crippen molar-refractivity contribution in [3.05, 3.63) is 17.5 Å². The minimum Gasteiger partial charge on any atom is -0.299 e. The lowest BCUT2D eigenvalue weighted by Crippen LogP contribution is -2.29. The molecule has 0 aliphatic heterocycles. The van der Waals surface area contributed by atoms with Gasteiger partial charge in [0, 0.05) is 24.5 Å². The molecule has 1 aromatic rings. The van der Waals surface area contributed by atoms with E-state index in [0.29, 0.717) is 25.2 Å². The van der Waals surface area contributed by atoms with Crippen LogP contribution in [0.25, 0.3) is 0 Å². The van der Waals surface area contributed by atoms with Gasteiger partial charge in [-0.1, -0.05) is 20.8 Å². The van der Waals surface area contributed by atoms with E-state index in [-0.39, 0.29) is 11.7 Å². The van der Waals surface area contributed by atoms with Crippen molar-refractivity contribution in [2.75, 3.05) is 5.32 Å². The van der Waals surface area contributed by atoms with Crippen molar-refractivity contribution in [1.29, 1.82) is 0 Å². The average Bonchev–Trinajstić information content (AvgIpc) is 2.28. The minimum atomic E-state index is -0.477. The van der Waals surface area contributed by atoms with Gasteiger partial charge >= 0.3 is 0 Å². The smallest absolute Gasteiger partial charge is 0.232 e. The summed E-state index contributed by atoms with van der Waals surface area (Å²) in [4.78, 5) is 31.5. The maximum Gasteiger partial charge on any atom is 0.232 e. The fourth-order valence-electron chi connectivity index (χ4n) is 1.71. The van der Waals surface area contributed by atoms with Crippen molar-refractivity contribution in [3.63, 3.8) is 0 Å². The Labute approximate surface area is 106 Å². The van der Waals surface area contributed by atoms with E-state index in [1.54, 1.807) is 6.20 Å². The van der Waals surface area contributed by atoms with Crippen molar-refractivity contribution < 1.29 is 9.59 Å². The number of carbonyl (C=O) groups excluding carboxylic acids is 2. The van der Waals surface area contributed by atoms with Crippen LogP contribution in [0.3, 0.4) is 0 Å². The Hall–Kier alpha value is -1.78. The summed E-state index contributed by atoms with van der Waals surface area (Å²) in [5.74, 6) is 0.426. The number of hydrogen-bond acceptors (Lipinski definition) is 4. The molecule has 0 aromatic carbocycles. The second-order valence-corrected chi connectivity index (χ2v) is 5.59. The van der Waals surface area contributed by atoms with Gasteiger partial charge in [0.2, 0.25) is 11.9 Å². The predicted octanol–water partition coefficient (Wildman–Crippen LogP) is 1.52. The van der Waals surface area contributed by atoms with Gasteiger partial charge in [0.15, 0.2) is 0 Å². The summed E-state index contributed by atoms with van der Waals surface area (Å²) in [7, 11) is 0. The number of fused-ring (bicyclic) bond motifs is 1. The molecule has 1 heterocycles. The van der Waals surface area contributed by atoms with E-state index in [2.05, 4.69) is 15.3 Å². The molecule has 96 valence electrons. The number of hydrogen-bond donors (Lipinski definition) is 1. The number of nitrogens with zero attached hydrogens (tertiary/aromatic N) is 2. The first-order valence-corrected chi connectivity index (χ1v) is 6.04. The molecule has 0 atom stereocenters. The van der Waals surface area contributed by atoms with Gasteiger partial charge in [0.05, 0.1) is 5.69 Å². The summed E-state index contributed by atoms with van der Waals surface area (Å²) in [6.45, 7) is 5.50. The van der Waals surface area contributed by atoms with Gasteiger partial charge in [0.1, 0.15) is 5.78 Å². The first-order valence-electron chi connectivity index (χ1n) is 6.04. The maximum atomic E-state index is 11.8. The zero-order valence-electron chi connectivity index (χ0n) is 10.9. The van der Waals surface area contributed by atoms with Crippen LogP contribution in [0.15, 0.2) is 6.20 Å². The molecule has 1 aromatic heterocycles. The van der Waals surface area contributed by atoms with Crippen molar-refractivity contribution in [2.24, 2.45) is 5.41 Å². The molecule has 0 unspecified atom stereocenters. The van der Waals surface area contributed by atoms with Gasteiger partial charge in [-0.15, -0.1) is 0 Å². The molecule has 0 saturated carbocycles. The van der Waals surface area contributed by atoms with Crippen molar-refractivity contribution in [2.45, 2.75) is 40.0 Å². The summed E-state index contributed by atoms with van der Waals surface area (Å²) in [6.07, 6.45) is 3.20. The lowest BCUT2D eigenvalue weighted by Gasteiger charge is -2.18. The minimum absolute atomic E-state index is 0.116. The third-order valence-electron chi connectivity index (χ3n) is 2.89. The quantitative estimate of drug-likeness (QED) is 0.816. The fourth-order valence-corrected chi connectivity index (χ4v) is 1.71. The van der Waals surface area contributed by atoms with Crippen LogP contribution in [0.5, 0.6) is 0 Å². The lowest BCUT2D eigenvalue weighted by atomic mass is 9.95. The fraction of sp³-hybridized carbons (Fsp3) is 0.538. The summed E-state index contributed by atoms with van der Waals surface area (Å²) in [5.41, 5.74) is 1.27. The van der Waals surface area contributed by atoms with Crippen LogP contribution >= 0.6 is 0 Å². The zero-order valence-corrected chi connectivity index (χ0v) is 10.9. The molecule has 1 aliphatic rings. The summed E-state index contributed by atoms with van der Waals surface area (Å²) in [6, 6.07) is 0. The molecule has 2 rings (SSSR count). The van der Waals surface area contributed by atoms with E-state index in [1.165, 1.54) is 0 Å². The third kappa shape index (κ3) is 2.72. The number of aromatic nitrogens is 2. The number of aryl methyl sites for hydroxylation is 1. The number of amides is 1. The molecule has 1 amide bonds. The first-order chi connectivity index (χ1) is 8.36. The van der Waals surface area contributed by atoms with Crippen LogP contribution in [-0.4, -0.2) is 21.7 Å². The van der Waals surface area contributed by atoms with Crippen LogP contribution in [0, 0.1) is 5.41 Å². The molecular weight excluding hydrogens is 230 g/mol. The molecule has 1 aliphatic carbocycles. The van der Waals surface area contributed by atoms with Gasteiger partial charge in [-0.2, -0.15) is 0 Å². The van der Waals surface area contributed by atoms with E-state index in [1.807, 2.05) is 20.8 Å². The molecule has 0 spiro atoms. The Morgan fingerprint density at radius 3 is 2.72 bits per heavy atom. The monoisotopic (exact) mass is 247 g/mol. The number of anilines is 1. The standard InChI is InChI=1S/C13H17N3O2/c1-13(2,3)11(18)16-12-14-7-8-6-9(17)4-5-10(8)15-12/h7H,4-6H2,1-3H3,(H,14,15,16,18). The highest BCUT2D eigenvalue weighted by atomic mass is 16.2. The predicted molar refractivity (Wildman–Crippen MR) is 67.1 cm³/mol. The van der Waals surface area contributed by atoms with E-state index in [9.17, 15) is 9.59 Å². The highest BCUT2D eigenvalue weighted by molar-refractivity contribution is 5.93. The lowest BCUT2D eigenvalue weighted by molar-refractivity contribution is -0.123. The Morgan fingerprint density at radius 2 is 2.06 bits per heavy atom. The average molecular weight is 247 g/mol. The number of carbonyl (C=O) groups is 2. The largest absolute Gasteiger partial charge is 0.299 e. The first kappa shape index (κ1) is 12.7. The SMILES string of the molecule is CC(C)(C)C(=O)Nc1ncc2c(n1)CCC(=O)C2. The van der Waals surface area contributed by atoms with E-state index in [4.69, 9.17) is 0 Å². The Morgan fingerprint density at radius 1 is 1.33 bits per heavy atom. The van der Waals surface area contributed by atoms with E-state index in [0.717, 1.165) is 11.3 Å². The summed E-state index contributed by atoms with van der Waals surface area (Å²) in [5, 5.41) is 2.70. The molecule has 0 saturated heterocycles. The molecule has 0 fully saturated rings. The van der Waals surface area contributed by atoms with Gasteiger partial charge in [-0.25, -0.2) is 9.97 Å². The molecule has 5 nitrogen and oxygen atoms in total. The van der Waals surface area contributed by atoms with Crippen LogP contribution < -0.4 is 5.32 Å². The van der Waals surface area contributed by atoms with Gasteiger partial charge in [0.25, 0.3) is 0 Å². The van der Waals surface area contributed by atoms with Crippen molar-refractivity contribution in [1.82, 2.24) is 9.97 Å². The number of nitrogens with one attached hydrogen (secondary N) is 1. The van der Waals surface area contributed by atoms with E-state index < -0.39 is 5.41 Å². The number of ketones is 1. The van der Waals surface area contributed by atoms with Crippen LogP contribution in [-0.2, 0) is 22.4 Å². The topological polar surface area (TPSA) is 72.0 Å². The molecule has 0 bridgehead atoms. The van der Waals surface area contributed by atoms with Gasteiger partial charge in [-0.05, 0) is 12.0 Å².